The summed E-state index contributed by atoms with van der Waals surface area (Å²) in [5.74, 6) is 0.00219. The van der Waals surface area contributed by atoms with Gasteiger partial charge in [-0.2, -0.15) is 5.26 Å². The molecule has 6 heteroatoms. The summed E-state index contributed by atoms with van der Waals surface area (Å²) in [6.07, 6.45) is 6.62. The first-order valence-electron chi connectivity index (χ1n) is 8.59. The number of nitrogens with zero attached hydrogens (tertiary/aromatic N) is 2. The van der Waals surface area contributed by atoms with Crippen molar-refractivity contribution >= 4 is 34.5 Å². The van der Waals surface area contributed by atoms with Crippen LogP contribution in [0.1, 0.15) is 23.5 Å². The Hall–Kier alpha value is -1.68. The molecule has 3 nitrogen and oxygen atoms in total. The lowest BCUT2D eigenvalue weighted by Crippen LogP contribution is -2.45. The molecule has 1 aliphatic heterocycles. The van der Waals surface area contributed by atoms with Gasteiger partial charge in [-0.25, -0.2) is 4.21 Å². The molecule has 0 radical (unpaired) electrons. The summed E-state index contributed by atoms with van der Waals surface area (Å²) in [5, 5.41) is 9.79. The standard InChI is InChI=1S/C21H22N2OS3/c1-16-9-11-19(12-10-16)27(24)23-15-18(14-22)20(13-21(23,25-2)26-3)17-7-5-4-6-8-17/h4-12,15,20H,13H2,1-3H3/t20-,27+/m1/s1. The van der Waals surface area contributed by atoms with E-state index in [1.165, 1.54) is 0 Å². The molecule has 140 valence electrons. The Morgan fingerprint density at radius 2 is 1.74 bits per heavy atom. The predicted octanol–water partition coefficient (Wildman–Crippen LogP) is 5.29. The molecule has 0 aromatic heterocycles. The van der Waals surface area contributed by atoms with Crippen LogP contribution in [0, 0.1) is 18.3 Å². The van der Waals surface area contributed by atoms with E-state index in [-0.39, 0.29) is 5.92 Å². The molecule has 0 saturated heterocycles. The number of thioether (sulfide) groups is 2. The van der Waals surface area contributed by atoms with Crippen LogP contribution in [0.4, 0.5) is 0 Å². The number of hydrogen-bond donors (Lipinski definition) is 0. The van der Waals surface area contributed by atoms with Gasteiger partial charge in [0.15, 0.2) is 11.0 Å². The molecule has 2 aromatic carbocycles. The van der Waals surface area contributed by atoms with Gasteiger partial charge < -0.3 is 0 Å². The van der Waals surface area contributed by atoms with Crippen molar-refractivity contribution in [1.82, 2.24) is 4.31 Å². The summed E-state index contributed by atoms with van der Waals surface area (Å²) in [5.41, 5.74) is 2.91. The summed E-state index contributed by atoms with van der Waals surface area (Å²) in [6, 6.07) is 20.2. The summed E-state index contributed by atoms with van der Waals surface area (Å²) < 4.78 is 14.9. The monoisotopic (exact) mass is 414 g/mol. The highest BCUT2D eigenvalue weighted by Gasteiger charge is 2.45. The lowest BCUT2D eigenvalue weighted by Gasteiger charge is -2.45. The maximum atomic E-state index is 13.4. The van der Waals surface area contributed by atoms with Crippen LogP contribution in [0.15, 0.2) is 71.3 Å². The first-order chi connectivity index (χ1) is 13.0. The maximum absolute atomic E-state index is 13.4. The molecule has 0 unspecified atom stereocenters. The Balaban J connectivity index is 2.07. The molecule has 0 fully saturated rings. The van der Waals surface area contributed by atoms with Crippen LogP contribution in [0.2, 0.25) is 0 Å². The molecular formula is C21H22N2OS3. The van der Waals surface area contributed by atoms with E-state index >= 15 is 0 Å². The van der Waals surface area contributed by atoms with Gasteiger partial charge in [-0.05, 0) is 37.1 Å². The van der Waals surface area contributed by atoms with Crippen LogP contribution in [0.3, 0.4) is 0 Å². The predicted molar refractivity (Wildman–Crippen MR) is 117 cm³/mol. The maximum Gasteiger partial charge on any atom is 0.154 e. The highest BCUT2D eigenvalue weighted by atomic mass is 32.2. The molecule has 0 N–H and O–H groups in total. The normalized spacial score (nSPS) is 19.9. The minimum absolute atomic E-state index is 0.00219. The summed E-state index contributed by atoms with van der Waals surface area (Å²) in [6.45, 7) is 2.01. The van der Waals surface area contributed by atoms with Gasteiger partial charge in [0.05, 0.1) is 16.5 Å². The fourth-order valence-corrected chi connectivity index (χ4v) is 7.02. The zero-order valence-corrected chi connectivity index (χ0v) is 18.0. The summed E-state index contributed by atoms with van der Waals surface area (Å²) >= 11 is 3.36. The van der Waals surface area contributed by atoms with E-state index in [1.54, 1.807) is 23.5 Å². The molecule has 2 atom stereocenters. The van der Waals surface area contributed by atoms with Crippen LogP contribution in [-0.4, -0.2) is 25.2 Å². The second-order valence-electron chi connectivity index (χ2n) is 6.37. The summed E-state index contributed by atoms with van der Waals surface area (Å²) in [7, 11) is -1.38. The van der Waals surface area contributed by atoms with Crippen molar-refractivity contribution < 1.29 is 4.21 Å². The third-order valence-corrected chi connectivity index (χ3v) is 9.48. The van der Waals surface area contributed by atoms with Crippen molar-refractivity contribution in [3.8, 4) is 6.07 Å². The van der Waals surface area contributed by atoms with Crippen molar-refractivity contribution in [3.05, 3.63) is 77.5 Å². The molecule has 0 aliphatic carbocycles. The number of benzene rings is 2. The number of hydrogen-bond acceptors (Lipinski definition) is 4. The number of nitriles is 1. The van der Waals surface area contributed by atoms with E-state index in [1.807, 2.05) is 72.4 Å². The molecule has 27 heavy (non-hydrogen) atoms. The fourth-order valence-electron chi connectivity index (χ4n) is 3.23. The molecule has 0 spiro atoms. The Morgan fingerprint density at radius 1 is 1.11 bits per heavy atom. The Morgan fingerprint density at radius 3 is 2.30 bits per heavy atom. The van der Waals surface area contributed by atoms with Crippen LogP contribution in [-0.2, 0) is 11.0 Å². The number of allylic oxidation sites excluding steroid dienone is 1. The fraction of sp³-hybridized carbons (Fsp3) is 0.286. The Bertz CT molecular complexity index is 884. The molecular weight excluding hydrogens is 392 g/mol. The third-order valence-electron chi connectivity index (χ3n) is 4.80. The highest BCUT2D eigenvalue weighted by molar-refractivity contribution is 8.18. The van der Waals surface area contributed by atoms with Gasteiger partial charge in [-0.15, -0.1) is 23.5 Å². The van der Waals surface area contributed by atoms with Crippen molar-refractivity contribution in [3.63, 3.8) is 0 Å². The second kappa shape index (κ2) is 8.55. The van der Waals surface area contributed by atoms with E-state index in [0.717, 1.165) is 22.4 Å². The lowest BCUT2D eigenvalue weighted by atomic mass is 9.87. The van der Waals surface area contributed by atoms with Crippen molar-refractivity contribution in [2.45, 2.75) is 28.4 Å². The molecule has 3 rings (SSSR count). The molecule has 0 bridgehead atoms. The number of aryl methyl sites for hydroxylation is 1. The minimum Gasteiger partial charge on any atom is -0.269 e. The number of rotatable bonds is 5. The van der Waals surface area contributed by atoms with Crippen molar-refractivity contribution in [2.75, 3.05) is 12.5 Å². The van der Waals surface area contributed by atoms with Gasteiger partial charge >= 0.3 is 0 Å². The van der Waals surface area contributed by atoms with E-state index in [2.05, 4.69) is 18.2 Å². The summed E-state index contributed by atoms with van der Waals surface area (Å²) in [4.78, 5) is 0.750. The van der Waals surface area contributed by atoms with Gasteiger partial charge in [0.2, 0.25) is 0 Å². The average Bonchev–Trinajstić information content (AvgIpc) is 2.73. The smallest absolute Gasteiger partial charge is 0.154 e. The van der Waals surface area contributed by atoms with Crippen molar-refractivity contribution in [1.29, 1.82) is 5.26 Å². The topological polar surface area (TPSA) is 44.1 Å². The van der Waals surface area contributed by atoms with Crippen LogP contribution in [0.25, 0.3) is 0 Å². The zero-order valence-electron chi connectivity index (χ0n) is 15.6. The van der Waals surface area contributed by atoms with Gasteiger partial charge in [0.1, 0.15) is 4.20 Å². The molecule has 0 saturated carbocycles. The van der Waals surface area contributed by atoms with E-state index < -0.39 is 15.2 Å². The van der Waals surface area contributed by atoms with Gasteiger partial charge in [-0.1, -0.05) is 48.0 Å². The molecule has 2 aromatic rings. The lowest BCUT2D eigenvalue weighted by molar-refractivity contribution is 0.426. The SMILES string of the molecule is CSC1(SC)C[C@H](c2ccccc2)C(C#N)=CN1[S@@](=O)c1ccc(C)cc1. The molecule has 0 amide bonds. The first kappa shape index (κ1) is 20.1. The van der Waals surface area contributed by atoms with Crippen molar-refractivity contribution in [2.24, 2.45) is 0 Å². The van der Waals surface area contributed by atoms with E-state index in [4.69, 9.17) is 0 Å². The van der Waals surface area contributed by atoms with E-state index in [0.29, 0.717) is 5.57 Å². The first-order valence-corrected chi connectivity index (χ1v) is 12.1. The zero-order chi connectivity index (χ0) is 19.4. The Kier molecular flexibility index (Phi) is 6.36. The quantitative estimate of drug-likeness (QED) is 0.623. The second-order valence-corrected chi connectivity index (χ2v) is 10.2. The molecule has 1 aliphatic rings. The van der Waals surface area contributed by atoms with Crippen LogP contribution >= 0.6 is 23.5 Å². The third kappa shape index (κ3) is 3.96. The molecule has 1 heterocycles. The van der Waals surface area contributed by atoms with Gasteiger partial charge in [0, 0.05) is 18.5 Å². The van der Waals surface area contributed by atoms with Crippen LogP contribution in [0.5, 0.6) is 0 Å². The van der Waals surface area contributed by atoms with Gasteiger partial charge in [0.25, 0.3) is 0 Å². The Labute approximate surface area is 172 Å². The largest absolute Gasteiger partial charge is 0.269 e. The van der Waals surface area contributed by atoms with Gasteiger partial charge in [-0.3, -0.25) is 4.31 Å². The highest BCUT2D eigenvalue weighted by Crippen LogP contribution is 2.51. The van der Waals surface area contributed by atoms with Crippen LogP contribution < -0.4 is 0 Å². The minimum atomic E-state index is -1.38. The van der Waals surface area contributed by atoms with E-state index in [9.17, 15) is 9.47 Å². The average molecular weight is 415 g/mol.